The van der Waals surface area contributed by atoms with Gasteiger partial charge >= 0.3 is 0 Å². The number of anilines is 1. The Balaban J connectivity index is 1.34. The van der Waals surface area contributed by atoms with Gasteiger partial charge in [-0.25, -0.2) is 0 Å². The number of pyridine rings is 1. The van der Waals surface area contributed by atoms with Gasteiger partial charge in [-0.15, -0.1) is 0 Å². The van der Waals surface area contributed by atoms with Crippen LogP contribution in [0.2, 0.25) is 0 Å². The quantitative estimate of drug-likeness (QED) is 0.245. The summed E-state index contributed by atoms with van der Waals surface area (Å²) in [6.45, 7) is 0. The number of rotatable bonds is 6. The summed E-state index contributed by atoms with van der Waals surface area (Å²) in [5.41, 5.74) is 2.92. The van der Waals surface area contributed by atoms with Crippen LogP contribution in [0.1, 0.15) is 49.2 Å². The molecule has 0 unspecified atom stereocenters. The van der Waals surface area contributed by atoms with E-state index in [1.807, 2.05) is 72.9 Å². The number of furan rings is 1. The maximum absolute atomic E-state index is 6.45. The number of nitrogens with zero attached hydrogens (tertiary/aromatic N) is 2. The molecule has 1 aliphatic carbocycles. The summed E-state index contributed by atoms with van der Waals surface area (Å²) < 4.78 is 13.7. The van der Waals surface area contributed by atoms with E-state index in [0.29, 0.717) is 11.2 Å². The Bertz CT molecular complexity index is 1340. The first-order valence-electron chi connectivity index (χ1n) is 12.3. The highest BCUT2D eigenvalue weighted by Gasteiger charge is 2.42. The second-order valence-electron chi connectivity index (χ2n) is 9.22. The van der Waals surface area contributed by atoms with Crippen LogP contribution < -0.4 is 15.0 Å². The van der Waals surface area contributed by atoms with E-state index >= 15 is 0 Å². The van der Waals surface area contributed by atoms with Gasteiger partial charge in [0.05, 0.1) is 17.8 Å². The van der Waals surface area contributed by atoms with Crippen LogP contribution in [0.3, 0.4) is 0 Å². The van der Waals surface area contributed by atoms with Crippen molar-refractivity contribution in [3.63, 3.8) is 0 Å². The molecule has 1 saturated carbocycles. The molecule has 1 aliphatic heterocycles. The van der Waals surface area contributed by atoms with Crippen molar-refractivity contribution in [2.45, 2.75) is 43.9 Å². The summed E-state index contributed by atoms with van der Waals surface area (Å²) in [6.07, 6.45) is 6.90. The molecule has 36 heavy (non-hydrogen) atoms. The SMILES string of the molecule is S=C1N[C@H](c2ccccn2)[C@H](c2ccc(-c3ccc(Br)cc3)o2)N1c1ccc(OC2CCCC2)cc1. The summed E-state index contributed by atoms with van der Waals surface area (Å²) in [5.74, 6) is 2.54. The van der Waals surface area contributed by atoms with E-state index in [9.17, 15) is 0 Å². The zero-order valence-corrected chi connectivity index (χ0v) is 22.0. The first-order valence-corrected chi connectivity index (χ1v) is 13.5. The lowest BCUT2D eigenvalue weighted by Crippen LogP contribution is -2.29. The third-order valence-electron chi connectivity index (χ3n) is 6.86. The van der Waals surface area contributed by atoms with Gasteiger partial charge in [-0.05, 0) is 98.6 Å². The minimum absolute atomic E-state index is 0.156. The third-order valence-corrected chi connectivity index (χ3v) is 7.71. The molecule has 1 N–H and O–H groups in total. The second kappa shape index (κ2) is 10.1. The number of hydrogen-bond acceptors (Lipinski definition) is 4. The molecular formula is C29H26BrN3O2S. The summed E-state index contributed by atoms with van der Waals surface area (Å²) in [7, 11) is 0. The first kappa shape index (κ1) is 23.3. The van der Waals surface area contributed by atoms with Crippen LogP contribution in [0.5, 0.6) is 5.75 Å². The van der Waals surface area contributed by atoms with Gasteiger partial charge in [0.25, 0.3) is 0 Å². The maximum atomic E-state index is 6.45. The molecule has 0 spiro atoms. The Morgan fingerprint density at radius 3 is 2.44 bits per heavy atom. The predicted molar refractivity (Wildman–Crippen MR) is 149 cm³/mol. The molecule has 4 aromatic rings. The highest BCUT2D eigenvalue weighted by atomic mass is 79.9. The minimum atomic E-state index is -0.196. The maximum Gasteiger partial charge on any atom is 0.174 e. The van der Waals surface area contributed by atoms with Crippen molar-refractivity contribution in [3.8, 4) is 17.1 Å². The number of halogens is 1. The number of benzene rings is 2. The van der Waals surface area contributed by atoms with Crippen LogP contribution in [-0.4, -0.2) is 16.2 Å². The molecular weight excluding hydrogens is 534 g/mol. The van der Waals surface area contributed by atoms with Crippen molar-refractivity contribution in [2.24, 2.45) is 0 Å². The van der Waals surface area contributed by atoms with Crippen LogP contribution >= 0.6 is 28.1 Å². The lowest BCUT2D eigenvalue weighted by Gasteiger charge is -2.26. The Hall–Kier alpha value is -3.16. The molecule has 1 saturated heterocycles. The summed E-state index contributed by atoms with van der Waals surface area (Å²) >= 11 is 9.35. The molecule has 7 heteroatoms. The average molecular weight is 561 g/mol. The van der Waals surface area contributed by atoms with Crippen molar-refractivity contribution < 1.29 is 9.15 Å². The molecule has 2 fully saturated rings. The van der Waals surface area contributed by atoms with Crippen molar-refractivity contribution >= 4 is 38.9 Å². The second-order valence-corrected chi connectivity index (χ2v) is 10.5. The summed E-state index contributed by atoms with van der Waals surface area (Å²) in [5, 5.41) is 4.14. The highest BCUT2D eigenvalue weighted by molar-refractivity contribution is 9.10. The first-order chi connectivity index (χ1) is 17.7. The largest absolute Gasteiger partial charge is 0.490 e. The number of nitrogens with one attached hydrogen (secondary N) is 1. The Morgan fingerprint density at radius 2 is 1.72 bits per heavy atom. The van der Waals surface area contributed by atoms with Crippen molar-refractivity contribution in [1.29, 1.82) is 0 Å². The molecule has 5 nitrogen and oxygen atoms in total. The van der Waals surface area contributed by atoms with Gasteiger partial charge in [0.2, 0.25) is 0 Å². The fourth-order valence-corrected chi connectivity index (χ4v) is 5.70. The van der Waals surface area contributed by atoms with Crippen LogP contribution in [0, 0.1) is 0 Å². The van der Waals surface area contributed by atoms with Crippen LogP contribution in [-0.2, 0) is 0 Å². The molecule has 2 aromatic heterocycles. The number of aromatic nitrogens is 1. The van der Waals surface area contributed by atoms with E-state index in [4.69, 9.17) is 21.4 Å². The van der Waals surface area contributed by atoms with E-state index in [1.54, 1.807) is 0 Å². The van der Waals surface area contributed by atoms with E-state index in [2.05, 4.69) is 43.3 Å². The number of hydrogen-bond donors (Lipinski definition) is 1. The molecule has 2 aliphatic rings. The molecule has 2 aromatic carbocycles. The van der Waals surface area contributed by atoms with Gasteiger partial charge in [0.1, 0.15) is 23.3 Å². The zero-order chi connectivity index (χ0) is 24.5. The van der Waals surface area contributed by atoms with Crippen LogP contribution in [0.4, 0.5) is 5.69 Å². The normalized spacial score (nSPS) is 20.0. The third kappa shape index (κ3) is 4.65. The molecule has 3 heterocycles. The fraction of sp³-hybridized carbons (Fsp3) is 0.241. The predicted octanol–water partition coefficient (Wildman–Crippen LogP) is 7.60. The molecule has 2 atom stereocenters. The van der Waals surface area contributed by atoms with E-state index < -0.39 is 0 Å². The van der Waals surface area contributed by atoms with Gasteiger partial charge in [-0.2, -0.15) is 0 Å². The van der Waals surface area contributed by atoms with Crippen molar-refractivity contribution in [3.05, 3.63) is 101 Å². The lowest BCUT2D eigenvalue weighted by atomic mass is 10.0. The standard InChI is InChI=1S/C29H26BrN3O2S/c30-20-10-8-19(9-11-20)25-16-17-26(35-25)28-27(24-7-3-4-18-31-24)32-29(36)33(28)21-12-14-23(15-13-21)34-22-5-1-2-6-22/h3-4,7-18,22,27-28H,1-2,5-6H2,(H,32,36)/t27-,28+/m1/s1. The molecule has 0 amide bonds. The van der Waals surface area contributed by atoms with Crippen molar-refractivity contribution in [1.82, 2.24) is 10.3 Å². The number of ether oxygens (including phenoxy) is 1. The summed E-state index contributed by atoms with van der Waals surface area (Å²) in [4.78, 5) is 6.75. The smallest absolute Gasteiger partial charge is 0.174 e. The zero-order valence-electron chi connectivity index (χ0n) is 19.6. The Morgan fingerprint density at radius 1 is 0.944 bits per heavy atom. The molecule has 0 radical (unpaired) electrons. The number of thiocarbonyl (C=S) groups is 1. The molecule has 182 valence electrons. The van der Waals surface area contributed by atoms with Gasteiger partial charge in [-0.1, -0.05) is 34.1 Å². The monoisotopic (exact) mass is 559 g/mol. The fourth-order valence-electron chi connectivity index (χ4n) is 5.09. The highest BCUT2D eigenvalue weighted by Crippen LogP contribution is 2.43. The Kier molecular flexibility index (Phi) is 6.50. The average Bonchev–Trinajstić information content (AvgIpc) is 3.66. The minimum Gasteiger partial charge on any atom is -0.490 e. The Labute approximate surface area is 224 Å². The van der Waals surface area contributed by atoms with Gasteiger partial charge in [0, 0.05) is 21.9 Å². The lowest BCUT2D eigenvalue weighted by molar-refractivity contribution is 0.210. The van der Waals surface area contributed by atoms with Gasteiger partial charge < -0.3 is 19.4 Å². The van der Waals surface area contributed by atoms with E-state index in [0.717, 1.165) is 51.5 Å². The van der Waals surface area contributed by atoms with Crippen LogP contribution in [0.15, 0.2) is 93.9 Å². The topological polar surface area (TPSA) is 50.5 Å². The van der Waals surface area contributed by atoms with E-state index in [-0.39, 0.29) is 12.1 Å². The van der Waals surface area contributed by atoms with Gasteiger partial charge in [-0.3, -0.25) is 4.98 Å². The van der Waals surface area contributed by atoms with Gasteiger partial charge in [0.15, 0.2) is 5.11 Å². The van der Waals surface area contributed by atoms with E-state index in [1.165, 1.54) is 12.8 Å². The van der Waals surface area contributed by atoms with Crippen molar-refractivity contribution in [2.75, 3.05) is 4.90 Å². The summed E-state index contributed by atoms with van der Waals surface area (Å²) in [6, 6.07) is 26.0. The molecule has 6 rings (SSSR count). The molecule has 0 bridgehead atoms. The van der Waals surface area contributed by atoms with Crippen LogP contribution in [0.25, 0.3) is 11.3 Å².